The molecule has 3 saturated heterocycles. The van der Waals surface area contributed by atoms with Crippen molar-refractivity contribution in [2.45, 2.75) is 132 Å². The molecular formula is C83H93N13O24. The van der Waals surface area contributed by atoms with Crippen molar-refractivity contribution in [1.82, 2.24) is 64.9 Å². The zero-order valence-electron chi connectivity index (χ0n) is 64.7. The maximum Gasteiger partial charge on any atom is 0.186 e. The molecule has 8 bridgehead atoms. The van der Waals surface area contributed by atoms with Gasteiger partial charge in [0, 0.05) is 44.3 Å². The average Bonchev–Trinajstić information content (AvgIpc) is 1.51. The minimum atomic E-state index is -1.55. The van der Waals surface area contributed by atoms with Gasteiger partial charge in [0.25, 0.3) is 0 Å². The second-order valence-corrected chi connectivity index (χ2v) is 28.8. The quantitative estimate of drug-likeness (QED) is 0.0248. The van der Waals surface area contributed by atoms with Crippen molar-refractivity contribution in [2.24, 2.45) is 0 Å². The number of nitrogens with zero attached hydrogens (tertiary/aromatic N) is 11. The molecule has 0 saturated carbocycles. The Kier molecular flexibility index (Phi) is 28.0. The van der Waals surface area contributed by atoms with Gasteiger partial charge in [0.2, 0.25) is 0 Å². The SMILES string of the molecule is OC[C@H]1O[C@H](OCCOCCn2cc(COc3ccc(-c4c5nc(c(-c6ccc(OCc7cn(CCOCCO[C@H]8O[C@H](CO)[C@@H](O)[C@H](O)[C@@H]8O)nn7)cc6)c6ccc([nH]6)c(-c6ccc(OCc7cn(CCOCCO[C@H]8O[C@H](CO)[C@@H](O)[C@H](O)[C@@H]8O)nn7)cc6)c6nc(c(-c7ccccc7)c7ccc4[nH]7)C=C6)C=C5)cc3)nn2)[C@@H](O)[C@@H](O)[C@@H]1O. The first kappa shape index (κ1) is 84.5. The Morgan fingerprint density at radius 1 is 0.317 bits per heavy atom. The normalized spacial score (nSPS) is 23.6. The van der Waals surface area contributed by atoms with Crippen molar-refractivity contribution in [3.63, 3.8) is 0 Å². The van der Waals surface area contributed by atoms with Crippen LogP contribution in [-0.4, -0.2) is 298 Å². The van der Waals surface area contributed by atoms with E-state index in [4.69, 9.17) is 66.8 Å². The minimum Gasteiger partial charge on any atom is -0.487 e. The van der Waals surface area contributed by atoms with Crippen LogP contribution in [0.1, 0.15) is 39.9 Å². The first-order chi connectivity index (χ1) is 58.5. The molecule has 4 aromatic carbocycles. The van der Waals surface area contributed by atoms with Gasteiger partial charge < -0.3 is 128 Å². The summed E-state index contributed by atoms with van der Waals surface area (Å²) in [6, 6.07) is 41.5. The lowest BCUT2D eigenvalue weighted by molar-refractivity contribution is -0.302. The number of aromatic amines is 2. The van der Waals surface area contributed by atoms with Crippen LogP contribution in [-0.2, 0) is 82.1 Å². The number of aliphatic hydroxyl groups excluding tert-OH is 12. The van der Waals surface area contributed by atoms with Crippen LogP contribution in [0.4, 0.5) is 0 Å². The van der Waals surface area contributed by atoms with Gasteiger partial charge in [-0.05, 0) is 107 Å². The Labute approximate surface area is 685 Å². The molecule has 0 amide bonds. The van der Waals surface area contributed by atoms with Gasteiger partial charge in [-0.1, -0.05) is 82.4 Å². The van der Waals surface area contributed by atoms with E-state index in [0.717, 1.165) is 66.6 Å². The largest absolute Gasteiger partial charge is 0.487 e. The average molecular weight is 1660 g/mol. The maximum absolute atomic E-state index is 10.3. The molecule has 6 aromatic heterocycles. The zero-order valence-corrected chi connectivity index (χ0v) is 64.7. The highest BCUT2D eigenvalue weighted by Gasteiger charge is 2.46. The lowest BCUT2D eigenvalue weighted by Crippen LogP contribution is -2.59. The highest BCUT2D eigenvalue weighted by Crippen LogP contribution is 2.40. The molecule has 14 N–H and O–H groups in total. The lowest BCUT2D eigenvalue weighted by atomic mass is 9.99. The molecule has 15 atom stereocenters. The number of ether oxygens (including phenoxy) is 12. The molecule has 0 aliphatic carbocycles. The third-order valence-electron chi connectivity index (χ3n) is 20.6. The first-order valence-electron chi connectivity index (χ1n) is 39.1. The number of fused-ring (bicyclic) bond motifs is 8. The summed E-state index contributed by atoms with van der Waals surface area (Å²) in [5.74, 6) is 1.71. The summed E-state index contributed by atoms with van der Waals surface area (Å²) in [6.07, 6.45) is -7.38. The Hall–Kier alpha value is -10.5. The zero-order chi connectivity index (χ0) is 83.2. The van der Waals surface area contributed by atoms with E-state index in [2.05, 4.69) is 59.1 Å². The molecule has 634 valence electrons. The summed E-state index contributed by atoms with van der Waals surface area (Å²) in [6.45, 7) is 0.761. The second kappa shape index (κ2) is 39.8. The summed E-state index contributed by atoms with van der Waals surface area (Å²) in [5.41, 5.74) is 14.2. The van der Waals surface area contributed by atoms with Crippen molar-refractivity contribution in [2.75, 3.05) is 79.3 Å². The minimum absolute atomic E-state index is 0.00218. The highest BCUT2D eigenvalue weighted by molar-refractivity contribution is 6.00. The molecule has 0 unspecified atom stereocenters. The van der Waals surface area contributed by atoms with Crippen molar-refractivity contribution < 1.29 is 118 Å². The summed E-state index contributed by atoms with van der Waals surface area (Å²) >= 11 is 0. The fraction of sp³-hybridized carbons (Fsp3) is 0.398. The van der Waals surface area contributed by atoms with Gasteiger partial charge in [-0.2, -0.15) is 0 Å². The van der Waals surface area contributed by atoms with Crippen LogP contribution in [0.5, 0.6) is 17.2 Å². The molecule has 15 rings (SSSR count). The number of benzene rings is 4. The Bertz CT molecular complexity index is 5110. The van der Waals surface area contributed by atoms with Crippen molar-refractivity contribution in [3.05, 3.63) is 186 Å². The molecule has 120 heavy (non-hydrogen) atoms. The Balaban J connectivity index is 0.673. The van der Waals surface area contributed by atoms with Crippen LogP contribution in [0.3, 0.4) is 0 Å². The van der Waals surface area contributed by atoms with Crippen LogP contribution >= 0.6 is 0 Å². The van der Waals surface area contributed by atoms with Crippen LogP contribution in [0.25, 0.3) is 90.9 Å². The molecule has 0 spiro atoms. The summed E-state index contributed by atoms with van der Waals surface area (Å²) < 4.78 is 73.7. The monoisotopic (exact) mass is 1660 g/mol. The van der Waals surface area contributed by atoms with E-state index in [-0.39, 0.29) is 79.3 Å². The van der Waals surface area contributed by atoms with Crippen LogP contribution < -0.4 is 14.2 Å². The molecule has 0 radical (unpaired) electrons. The predicted molar refractivity (Wildman–Crippen MR) is 425 cm³/mol. The van der Waals surface area contributed by atoms with Gasteiger partial charge in [-0.3, -0.25) is 0 Å². The van der Waals surface area contributed by atoms with Gasteiger partial charge in [-0.15, -0.1) is 15.3 Å². The molecule has 10 aromatic rings. The van der Waals surface area contributed by atoms with Crippen molar-refractivity contribution >= 4 is 46.4 Å². The number of rotatable bonds is 37. The van der Waals surface area contributed by atoms with E-state index in [1.165, 1.54) is 0 Å². The van der Waals surface area contributed by atoms with E-state index >= 15 is 0 Å². The molecule has 5 aliphatic heterocycles. The standard InChI is InChI=1S/C83H93N13O24/c97-41-65-72(100)75(103)78(106)81(118-65)112-35-32-109-29-26-94-38-51(88-91-94)44-115-54-12-6-48(7-13-54)69-59-20-18-57(84-59)68(47-4-2-1-3-5-47)58-19-21-60(85-58)70(49-8-14-55(15-9-49)116-45-52-39-95(92-89-52)27-30-110-33-36-113-82-79(107)76(104)73(101)66(42-98)119-82)62-23-25-64(87-62)71(63-24-22-61(69)86-63)50-10-16-56(17-11-50)117-46-53-40-96(93-90-53)28-31-111-34-37-114-83-80(108)77(105)74(102)67(43-99)120-83/h1-25,38-40,65-67,72-84,87,97-108H,26-37,41-46H2/t65-,66-,67-,72-,73-,74-,75+,76+,77+,78+,79+,80+,81+,82+,83+/m1/s1. The van der Waals surface area contributed by atoms with E-state index < -0.39 is 112 Å². The van der Waals surface area contributed by atoms with Gasteiger partial charge >= 0.3 is 0 Å². The number of H-pyrrole nitrogens is 2. The molecule has 5 aliphatic rings. The van der Waals surface area contributed by atoms with Crippen molar-refractivity contribution in [1.29, 1.82) is 0 Å². The molecule has 37 heteroatoms. The Morgan fingerprint density at radius 3 is 0.883 bits per heavy atom. The highest BCUT2D eigenvalue weighted by atomic mass is 16.7. The summed E-state index contributed by atoms with van der Waals surface area (Å²) in [7, 11) is 0. The number of nitrogens with one attached hydrogen (secondary N) is 2. The Morgan fingerprint density at radius 2 is 0.600 bits per heavy atom. The predicted octanol–water partition coefficient (Wildman–Crippen LogP) is 2.33. The number of aromatic nitrogens is 13. The fourth-order valence-electron chi connectivity index (χ4n) is 14.3. The van der Waals surface area contributed by atoms with Gasteiger partial charge in [0.1, 0.15) is 127 Å². The third-order valence-corrected chi connectivity index (χ3v) is 20.6. The smallest absolute Gasteiger partial charge is 0.186 e. The van der Waals surface area contributed by atoms with Crippen LogP contribution in [0.15, 0.2) is 146 Å². The van der Waals surface area contributed by atoms with Gasteiger partial charge in [0.05, 0.1) is 140 Å². The fourth-order valence-corrected chi connectivity index (χ4v) is 14.3. The summed E-state index contributed by atoms with van der Waals surface area (Å²) in [5, 5.41) is 146. The summed E-state index contributed by atoms with van der Waals surface area (Å²) in [4.78, 5) is 18.6. The number of hydrogen-bond donors (Lipinski definition) is 14. The van der Waals surface area contributed by atoms with E-state index in [0.29, 0.717) is 76.7 Å². The second-order valence-electron chi connectivity index (χ2n) is 28.8. The molecule has 11 heterocycles. The molecule has 37 nitrogen and oxygen atoms in total. The molecule has 3 fully saturated rings. The number of hydrogen-bond acceptors (Lipinski definition) is 32. The van der Waals surface area contributed by atoms with Gasteiger partial charge in [0.15, 0.2) is 18.9 Å². The van der Waals surface area contributed by atoms with E-state index in [1.54, 1.807) is 32.6 Å². The lowest BCUT2D eigenvalue weighted by Gasteiger charge is -2.39. The van der Waals surface area contributed by atoms with Gasteiger partial charge in [-0.25, -0.2) is 24.0 Å². The van der Waals surface area contributed by atoms with E-state index in [1.807, 2.05) is 133 Å². The first-order valence-corrected chi connectivity index (χ1v) is 39.1. The number of aliphatic hydroxyl groups is 12. The maximum atomic E-state index is 10.3. The van der Waals surface area contributed by atoms with Crippen LogP contribution in [0, 0.1) is 0 Å². The van der Waals surface area contributed by atoms with Crippen molar-refractivity contribution in [3.8, 4) is 61.8 Å². The topological polar surface area (TPSA) is 503 Å². The van der Waals surface area contributed by atoms with E-state index in [9.17, 15) is 61.3 Å². The van der Waals surface area contributed by atoms with Crippen LogP contribution in [0.2, 0.25) is 0 Å². The third kappa shape index (κ3) is 20.1. The molecular weight excluding hydrogens is 1560 g/mol.